The molecule has 2 heterocycles. The molecule has 2 amide bonds. The van der Waals surface area contributed by atoms with Crippen LogP contribution < -0.4 is 10.2 Å². The molecule has 0 aromatic carbocycles. The summed E-state index contributed by atoms with van der Waals surface area (Å²) < 4.78 is 0. The normalized spacial score (nSPS) is 16.6. The summed E-state index contributed by atoms with van der Waals surface area (Å²) in [6, 6.07) is 3.86. The number of likely N-dealkylation sites (N-methyl/N-ethyl adjacent to an activating group) is 1. The predicted molar refractivity (Wildman–Crippen MR) is 91.5 cm³/mol. The number of hydrogen-bond donors (Lipinski definition) is 2. The minimum absolute atomic E-state index is 0.192. The number of aliphatic hydroxyl groups is 1. The van der Waals surface area contributed by atoms with Crippen molar-refractivity contribution in [2.45, 2.75) is 45.3 Å². The molecule has 1 aromatic heterocycles. The van der Waals surface area contributed by atoms with Crippen LogP contribution in [0.2, 0.25) is 0 Å². The molecule has 1 unspecified atom stereocenters. The number of anilines is 1. The van der Waals surface area contributed by atoms with Crippen LogP contribution in [0.4, 0.5) is 10.6 Å². The van der Waals surface area contributed by atoms with E-state index in [1.54, 1.807) is 14.0 Å². The van der Waals surface area contributed by atoms with Gasteiger partial charge in [-0.05, 0) is 31.4 Å². The van der Waals surface area contributed by atoms with Crippen LogP contribution in [-0.4, -0.2) is 53.8 Å². The molecule has 6 nitrogen and oxygen atoms in total. The van der Waals surface area contributed by atoms with Crippen molar-refractivity contribution >= 4 is 11.8 Å². The number of aliphatic hydroxyl groups excluding tert-OH is 1. The van der Waals surface area contributed by atoms with E-state index in [-0.39, 0.29) is 6.03 Å². The number of amides is 2. The van der Waals surface area contributed by atoms with Gasteiger partial charge in [0.05, 0.1) is 6.10 Å². The molecule has 1 aliphatic rings. The number of nitrogens with one attached hydrogen (secondary N) is 1. The Morgan fingerprint density at radius 3 is 2.61 bits per heavy atom. The Morgan fingerprint density at radius 2 is 2.04 bits per heavy atom. The van der Waals surface area contributed by atoms with Crippen LogP contribution in [0, 0.1) is 0 Å². The molecule has 23 heavy (non-hydrogen) atoms. The van der Waals surface area contributed by atoms with Crippen molar-refractivity contribution in [2.24, 2.45) is 0 Å². The van der Waals surface area contributed by atoms with Gasteiger partial charge in [-0.2, -0.15) is 0 Å². The zero-order valence-electron chi connectivity index (χ0n) is 14.2. The Morgan fingerprint density at radius 1 is 1.35 bits per heavy atom. The Bertz CT molecular complexity index is 482. The fourth-order valence-corrected chi connectivity index (χ4v) is 2.80. The van der Waals surface area contributed by atoms with E-state index in [1.165, 1.54) is 30.6 Å². The standard InChI is InChI=1S/C17H28N4O2/c1-14(22)13-20(2)17(23)19-12-15-7-8-16(18-11-15)21-9-5-3-4-6-10-21/h7-8,11,14,22H,3-6,9-10,12-13H2,1-2H3,(H,19,23). The molecule has 1 aromatic rings. The van der Waals surface area contributed by atoms with E-state index in [2.05, 4.69) is 15.2 Å². The van der Waals surface area contributed by atoms with Crippen molar-refractivity contribution in [3.63, 3.8) is 0 Å². The van der Waals surface area contributed by atoms with E-state index in [0.717, 1.165) is 24.5 Å². The van der Waals surface area contributed by atoms with Gasteiger partial charge < -0.3 is 20.2 Å². The fraction of sp³-hybridized carbons (Fsp3) is 0.647. The number of carbonyl (C=O) groups is 1. The van der Waals surface area contributed by atoms with Crippen molar-refractivity contribution in [1.29, 1.82) is 0 Å². The van der Waals surface area contributed by atoms with E-state index in [4.69, 9.17) is 0 Å². The Balaban J connectivity index is 1.83. The molecule has 2 N–H and O–H groups in total. The SMILES string of the molecule is CC(O)CN(C)C(=O)NCc1ccc(N2CCCCCC2)nc1. The average Bonchev–Trinajstić information content (AvgIpc) is 2.81. The maximum atomic E-state index is 11.9. The second kappa shape index (κ2) is 8.72. The van der Waals surface area contributed by atoms with Crippen LogP contribution in [-0.2, 0) is 6.54 Å². The van der Waals surface area contributed by atoms with Gasteiger partial charge in [0.1, 0.15) is 5.82 Å². The predicted octanol–water partition coefficient (Wildman–Crippen LogP) is 1.98. The summed E-state index contributed by atoms with van der Waals surface area (Å²) in [5.41, 5.74) is 0.974. The fourth-order valence-electron chi connectivity index (χ4n) is 2.80. The van der Waals surface area contributed by atoms with Crippen molar-refractivity contribution < 1.29 is 9.90 Å². The highest BCUT2D eigenvalue weighted by Gasteiger charge is 2.12. The van der Waals surface area contributed by atoms with E-state index >= 15 is 0 Å². The second-order valence-corrected chi connectivity index (χ2v) is 6.31. The summed E-state index contributed by atoms with van der Waals surface area (Å²) in [7, 11) is 1.67. The lowest BCUT2D eigenvalue weighted by atomic mass is 10.2. The monoisotopic (exact) mass is 320 g/mol. The Labute approximate surface area is 138 Å². The van der Waals surface area contributed by atoms with E-state index in [0.29, 0.717) is 13.1 Å². The first-order chi connectivity index (χ1) is 11.1. The van der Waals surface area contributed by atoms with Crippen LogP contribution in [0.3, 0.4) is 0 Å². The minimum atomic E-state index is -0.527. The lowest BCUT2D eigenvalue weighted by Gasteiger charge is -2.22. The van der Waals surface area contributed by atoms with Gasteiger partial charge in [0.25, 0.3) is 0 Å². The van der Waals surface area contributed by atoms with Gasteiger partial charge in [-0.25, -0.2) is 9.78 Å². The van der Waals surface area contributed by atoms with Gasteiger partial charge in [-0.3, -0.25) is 0 Å². The van der Waals surface area contributed by atoms with Crippen LogP contribution >= 0.6 is 0 Å². The molecule has 0 spiro atoms. The molecule has 0 radical (unpaired) electrons. The quantitative estimate of drug-likeness (QED) is 0.870. The number of urea groups is 1. The lowest BCUT2D eigenvalue weighted by Crippen LogP contribution is -2.40. The van der Waals surface area contributed by atoms with Crippen LogP contribution in [0.15, 0.2) is 18.3 Å². The first kappa shape index (κ1) is 17.5. The van der Waals surface area contributed by atoms with Gasteiger partial charge >= 0.3 is 6.03 Å². The summed E-state index contributed by atoms with van der Waals surface area (Å²) in [6.07, 6.45) is 6.38. The second-order valence-electron chi connectivity index (χ2n) is 6.31. The number of pyridine rings is 1. The van der Waals surface area contributed by atoms with Gasteiger partial charge in [-0.1, -0.05) is 18.9 Å². The number of carbonyl (C=O) groups excluding carboxylic acids is 1. The molecular weight excluding hydrogens is 292 g/mol. The topological polar surface area (TPSA) is 68.7 Å². The third kappa shape index (κ3) is 5.71. The Kier molecular flexibility index (Phi) is 6.65. The summed E-state index contributed by atoms with van der Waals surface area (Å²) in [4.78, 5) is 20.2. The number of nitrogens with zero attached hydrogens (tertiary/aromatic N) is 3. The highest BCUT2D eigenvalue weighted by Crippen LogP contribution is 2.17. The summed E-state index contributed by atoms with van der Waals surface area (Å²) in [6.45, 7) is 4.57. The average molecular weight is 320 g/mol. The number of aromatic nitrogens is 1. The van der Waals surface area contributed by atoms with Crippen molar-refractivity contribution in [3.8, 4) is 0 Å². The zero-order valence-corrected chi connectivity index (χ0v) is 14.2. The highest BCUT2D eigenvalue weighted by atomic mass is 16.3. The molecule has 6 heteroatoms. The minimum Gasteiger partial charge on any atom is -0.392 e. The zero-order chi connectivity index (χ0) is 16.7. The van der Waals surface area contributed by atoms with Crippen molar-refractivity contribution in [3.05, 3.63) is 23.9 Å². The molecule has 1 atom stereocenters. The van der Waals surface area contributed by atoms with Crippen molar-refractivity contribution in [1.82, 2.24) is 15.2 Å². The molecule has 0 aliphatic carbocycles. The molecule has 1 fully saturated rings. The largest absolute Gasteiger partial charge is 0.392 e. The smallest absolute Gasteiger partial charge is 0.317 e. The molecular formula is C17H28N4O2. The van der Waals surface area contributed by atoms with Gasteiger partial charge in [0, 0.05) is 39.4 Å². The summed E-state index contributed by atoms with van der Waals surface area (Å²) in [5, 5.41) is 12.1. The molecule has 0 bridgehead atoms. The first-order valence-electron chi connectivity index (χ1n) is 8.43. The first-order valence-corrected chi connectivity index (χ1v) is 8.43. The summed E-state index contributed by atoms with van der Waals surface area (Å²) in [5.74, 6) is 1.02. The maximum absolute atomic E-state index is 11.9. The summed E-state index contributed by atoms with van der Waals surface area (Å²) >= 11 is 0. The lowest BCUT2D eigenvalue weighted by molar-refractivity contribution is 0.143. The van der Waals surface area contributed by atoms with Crippen molar-refractivity contribution in [2.75, 3.05) is 31.6 Å². The highest BCUT2D eigenvalue weighted by molar-refractivity contribution is 5.73. The maximum Gasteiger partial charge on any atom is 0.317 e. The van der Waals surface area contributed by atoms with Crippen LogP contribution in [0.25, 0.3) is 0 Å². The van der Waals surface area contributed by atoms with E-state index in [1.807, 2.05) is 18.3 Å². The van der Waals surface area contributed by atoms with Crippen LogP contribution in [0.5, 0.6) is 0 Å². The van der Waals surface area contributed by atoms with E-state index in [9.17, 15) is 9.90 Å². The molecule has 0 saturated carbocycles. The molecule has 1 aliphatic heterocycles. The van der Waals surface area contributed by atoms with E-state index < -0.39 is 6.10 Å². The number of rotatable bonds is 5. The van der Waals surface area contributed by atoms with Gasteiger partial charge in [-0.15, -0.1) is 0 Å². The Hall–Kier alpha value is -1.82. The molecule has 1 saturated heterocycles. The number of hydrogen-bond acceptors (Lipinski definition) is 4. The van der Waals surface area contributed by atoms with Gasteiger partial charge in [0.2, 0.25) is 0 Å². The van der Waals surface area contributed by atoms with Gasteiger partial charge in [0.15, 0.2) is 0 Å². The van der Waals surface area contributed by atoms with Crippen LogP contribution in [0.1, 0.15) is 38.2 Å². The molecule has 2 rings (SSSR count). The third-order valence-electron chi connectivity index (χ3n) is 4.07. The molecule has 128 valence electrons. The third-order valence-corrected chi connectivity index (χ3v) is 4.07.